The zero-order valence-electron chi connectivity index (χ0n) is 24.0. The van der Waals surface area contributed by atoms with E-state index in [2.05, 4.69) is 63.3 Å². The third-order valence-corrected chi connectivity index (χ3v) is 8.61. The van der Waals surface area contributed by atoms with E-state index in [0.717, 1.165) is 64.3 Å². The highest BCUT2D eigenvalue weighted by Crippen LogP contribution is 2.34. The fourth-order valence-corrected chi connectivity index (χ4v) is 6.51. The Balaban J connectivity index is 1.34. The number of aryl methyl sites for hydroxylation is 3. The summed E-state index contributed by atoms with van der Waals surface area (Å²) >= 11 is 0. The smallest absolute Gasteiger partial charge is 0.253 e. The summed E-state index contributed by atoms with van der Waals surface area (Å²) in [5, 5.41) is 7.56. The molecule has 1 aromatic carbocycles. The second kappa shape index (κ2) is 10.2. The predicted octanol–water partition coefficient (Wildman–Crippen LogP) is 4.63. The summed E-state index contributed by atoms with van der Waals surface area (Å²) in [5.74, 6) is 1.51. The van der Waals surface area contributed by atoms with E-state index in [9.17, 15) is 9.59 Å². The van der Waals surface area contributed by atoms with Gasteiger partial charge in [0.1, 0.15) is 5.82 Å². The number of anilines is 1. The van der Waals surface area contributed by atoms with Crippen LogP contribution in [0, 0.1) is 26.7 Å². The van der Waals surface area contributed by atoms with E-state index in [1.54, 1.807) is 0 Å². The first-order chi connectivity index (χ1) is 19.2. The van der Waals surface area contributed by atoms with Crippen molar-refractivity contribution in [2.45, 2.75) is 59.7 Å². The Morgan fingerprint density at radius 3 is 2.62 bits per heavy atom. The van der Waals surface area contributed by atoms with Crippen LogP contribution >= 0.6 is 0 Å². The van der Waals surface area contributed by atoms with Crippen molar-refractivity contribution in [3.63, 3.8) is 0 Å². The average molecular weight is 539 g/mol. The minimum Gasteiger partial charge on any atom is -0.355 e. The molecule has 2 atom stereocenters. The van der Waals surface area contributed by atoms with E-state index < -0.39 is 0 Å². The van der Waals surface area contributed by atoms with E-state index in [4.69, 9.17) is 4.98 Å². The number of hydrogen-bond acceptors (Lipinski definition) is 5. The number of aromatic nitrogens is 3. The first-order valence-electron chi connectivity index (χ1n) is 14.3. The fraction of sp³-hybridized carbons (Fsp3) is 0.406. The predicted molar refractivity (Wildman–Crippen MR) is 160 cm³/mol. The van der Waals surface area contributed by atoms with Gasteiger partial charge in [0.05, 0.1) is 0 Å². The Morgan fingerprint density at radius 2 is 1.93 bits per heavy atom. The summed E-state index contributed by atoms with van der Waals surface area (Å²) in [4.78, 5) is 36.3. The molecule has 0 radical (unpaired) electrons. The lowest BCUT2D eigenvalue weighted by atomic mass is 9.98. The molecule has 2 fully saturated rings. The van der Waals surface area contributed by atoms with Gasteiger partial charge in [-0.25, -0.2) is 4.98 Å². The summed E-state index contributed by atoms with van der Waals surface area (Å²) < 4.78 is 2.22. The number of H-pyrrole nitrogens is 1. The Bertz CT molecular complexity index is 1640. The van der Waals surface area contributed by atoms with Crippen LogP contribution < -0.4 is 21.1 Å². The third-order valence-electron chi connectivity index (χ3n) is 8.61. The number of carbonyl (C=O) groups is 1. The lowest BCUT2D eigenvalue weighted by molar-refractivity contribution is 0.0952. The van der Waals surface area contributed by atoms with Crippen molar-refractivity contribution >= 4 is 22.6 Å². The molecule has 6 rings (SSSR count). The average Bonchev–Trinajstić information content (AvgIpc) is 3.61. The molecule has 4 aromatic rings. The zero-order valence-corrected chi connectivity index (χ0v) is 24.0. The number of carbonyl (C=O) groups excluding carboxylic acids is 1. The molecule has 2 aliphatic heterocycles. The van der Waals surface area contributed by atoms with Gasteiger partial charge in [0.25, 0.3) is 11.5 Å². The SMILES string of the molecule is Cc1cc(C)c(CNC(=O)c2cc(-c3ccc(N4CC5CCNC5C4)nc3)cc3c2c(C)cn3C(C)C)c(=O)[nH]1. The van der Waals surface area contributed by atoms with E-state index in [0.29, 0.717) is 23.1 Å². The second-order valence-electron chi connectivity index (χ2n) is 11.8. The van der Waals surface area contributed by atoms with Crippen LogP contribution in [0.4, 0.5) is 5.82 Å². The quantitative estimate of drug-likeness (QED) is 0.333. The number of nitrogens with one attached hydrogen (secondary N) is 3. The third kappa shape index (κ3) is 4.70. The van der Waals surface area contributed by atoms with Gasteiger partial charge < -0.3 is 25.1 Å². The summed E-state index contributed by atoms with van der Waals surface area (Å²) in [6.07, 6.45) is 5.27. The van der Waals surface area contributed by atoms with Crippen molar-refractivity contribution in [1.82, 2.24) is 25.2 Å². The van der Waals surface area contributed by atoms with Gasteiger partial charge in [-0.15, -0.1) is 0 Å². The molecule has 8 nitrogen and oxygen atoms in total. The van der Waals surface area contributed by atoms with Crippen LogP contribution in [-0.4, -0.2) is 46.1 Å². The van der Waals surface area contributed by atoms with Crippen LogP contribution in [0.1, 0.15) is 59.1 Å². The van der Waals surface area contributed by atoms with Crippen LogP contribution in [0.2, 0.25) is 0 Å². The number of nitrogens with zero attached hydrogens (tertiary/aromatic N) is 3. The fourth-order valence-electron chi connectivity index (χ4n) is 6.51. The largest absolute Gasteiger partial charge is 0.355 e. The lowest BCUT2D eigenvalue weighted by Gasteiger charge is -2.19. The van der Waals surface area contributed by atoms with Crippen molar-refractivity contribution < 1.29 is 4.79 Å². The molecule has 8 heteroatoms. The van der Waals surface area contributed by atoms with Gasteiger partial charge in [0, 0.05) is 77.4 Å². The van der Waals surface area contributed by atoms with Crippen molar-refractivity contribution in [3.05, 3.63) is 81.0 Å². The number of fused-ring (bicyclic) bond motifs is 2. The van der Waals surface area contributed by atoms with Gasteiger partial charge in [-0.05, 0) is 101 Å². The van der Waals surface area contributed by atoms with Crippen LogP contribution in [0.25, 0.3) is 22.0 Å². The highest BCUT2D eigenvalue weighted by atomic mass is 16.1. The van der Waals surface area contributed by atoms with Gasteiger partial charge >= 0.3 is 0 Å². The normalized spacial score (nSPS) is 18.6. The summed E-state index contributed by atoms with van der Waals surface area (Å²) in [6.45, 7) is 13.4. The van der Waals surface area contributed by atoms with Gasteiger partial charge in [-0.1, -0.05) is 0 Å². The monoisotopic (exact) mass is 538 g/mol. The molecule has 2 aliphatic rings. The number of rotatable bonds is 6. The van der Waals surface area contributed by atoms with E-state index in [1.807, 2.05) is 39.1 Å². The van der Waals surface area contributed by atoms with Crippen molar-refractivity contribution in [3.8, 4) is 11.1 Å². The van der Waals surface area contributed by atoms with Crippen molar-refractivity contribution in [1.29, 1.82) is 0 Å². The topological polar surface area (TPSA) is 95.1 Å². The molecule has 0 bridgehead atoms. The van der Waals surface area contributed by atoms with Gasteiger partial charge in [0.2, 0.25) is 0 Å². The van der Waals surface area contributed by atoms with E-state index >= 15 is 0 Å². The second-order valence-corrected chi connectivity index (χ2v) is 11.8. The number of aromatic amines is 1. The highest BCUT2D eigenvalue weighted by Gasteiger charge is 2.36. The van der Waals surface area contributed by atoms with Gasteiger partial charge in [-0.3, -0.25) is 9.59 Å². The Labute approximate surface area is 234 Å². The van der Waals surface area contributed by atoms with Crippen molar-refractivity contribution in [2.75, 3.05) is 24.5 Å². The summed E-state index contributed by atoms with van der Waals surface area (Å²) in [7, 11) is 0. The first kappa shape index (κ1) is 26.3. The van der Waals surface area contributed by atoms with Crippen LogP contribution in [-0.2, 0) is 6.54 Å². The lowest BCUT2D eigenvalue weighted by Crippen LogP contribution is -2.30. The Hall–Kier alpha value is -3.91. The molecular weight excluding hydrogens is 500 g/mol. The molecule has 0 aliphatic carbocycles. The maximum atomic E-state index is 13.7. The minimum atomic E-state index is -0.198. The highest BCUT2D eigenvalue weighted by molar-refractivity contribution is 6.09. The van der Waals surface area contributed by atoms with E-state index in [1.165, 1.54) is 6.42 Å². The molecule has 208 valence electrons. The molecular formula is C32H38N6O2. The van der Waals surface area contributed by atoms with Gasteiger partial charge in [-0.2, -0.15) is 0 Å². The Morgan fingerprint density at radius 1 is 1.10 bits per heavy atom. The molecule has 3 N–H and O–H groups in total. The minimum absolute atomic E-state index is 0.164. The van der Waals surface area contributed by atoms with Crippen LogP contribution in [0.15, 0.2) is 47.5 Å². The molecule has 40 heavy (non-hydrogen) atoms. The standard InChI is InChI=1S/C32H38N6O2/c1-18(2)38-15-20(4)30-25(31(39)35-14-26-19(3)10-21(5)36-32(26)40)11-24(12-28(30)38)22-6-7-29(34-13-22)37-16-23-8-9-33-27(23)17-37/h6-7,10-13,15,18,23,27,33H,8-9,14,16-17H2,1-5H3,(H,35,39)(H,36,40). The number of amides is 1. The molecule has 0 saturated carbocycles. The number of pyridine rings is 2. The van der Waals surface area contributed by atoms with Gasteiger partial charge in [0.15, 0.2) is 0 Å². The first-order valence-corrected chi connectivity index (χ1v) is 14.3. The number of hydrogen-bond donors (Lipinski definition) is 3. The molecule has 5 heterocycles. The molecule has 3 aromatic heterocycles. The summed E-state index contributed by atoms with van der Waals surface area (Å²) in [5.41, 5.74) is 6.67. The maximum Gasteiger partial charge on any atom is 0.253 e. The van der Waals surface area contributed by atoms with Crippen LogP contribution in [0.5, 0.6) is 0 Å². The molecule has 1 amide bonds. The molecule has 2 saturated heterocycles. The molecule has 0 spiro atoms. The van der Waals surface area contributed by atoms with Crippen molar-refractivity contribution in [2.24, 2.45) is 5.92 Å². The Kier molecular flexibility index (Phi) is 6.74. The summed E-state index contributed by atoms with van der Waals surface area (Å²) in [6, 6.07) is 11.1. The van der Waals surface area contributed by atoms with Crippen LogP contribution in [0.3, 0.4) is 0 Å². The maximum absolute atomic E-state index is 13.7. The molecule has 2 unspecified atom stereocenters. The zero-order chi connectivity index (χ0) is 28.1. The van der Waals surface area contributed by atoms with E-state index in [-0.39, 0.29) is 24.1 Å². The number of benzene rings is 1.